The smallest absolute Gasteiger partial charge is 0.233 e. The van der Waals surface area contributed by atoms with Crippen molar-refractivity contribution in [2.75, 3.05) is 50.3 Å². The number of piperazine rings is 1. The fourth-order valence-electron chi connectivity index (χ4n) is 2.07. The molecule has 1 aliphatic rings. The van der Waals surface area contributed by atoms with E-state index in [1.54, 1.807) is 31.4 Å². The molecule has 112 valence electrons. The van der Waals surface area contributed by atoms with Gasteiger partial charge in [0, 0.05) is 38.4 Å². The number of ether oxygens (including phenoxy) is 1. The van der Waals surface area contributed by atoms with Gasteiger partial charge in [-0.3, -0.25) is 9.62 Å². The Balaban J connectivity index is 1.85. The number of rotatable bonds is 6. The van der Waals surface area contributed by atoms with Crippen LogP contribution in [0.5, 0.6) is 5.75 Å². The second-order valence-electron chi connectivity index (χ2n) is 4.74. The maximum absolute atomic E-state index is 12.0. The van der Waals surface area contributed by atoms with Crippen molar-refractivity contribution >= 4 is 15.7 Å². The summed E-state index contributed by atoms with van der Waals surface area (Å²) in [5.74, 6) is 0.813. The highest BCUT2D eigenvalue weighted by Crippen LogP contribution is 2.16. The van der Waals surface area contributed by atoms with E-state index in [4.69, 9.17) is 4.74 Å². The quantitative estimate of drug-likeness (QED) is 0.793. The van der Waals surface area contributed by atoms with Crippen molar-refractivity contribution in [3.8, 4) is 5.75 Å². The standard InChI is InChI=1S/C13H21N3O3S/c1-19-13-4-2-12(3-5-13)15-20(17,18)11-10-16-8-6-14-7-9-16/h2-5,14-15H,6-11H2,1H3. The molecule has 0 bridgehead atoms. The summed E-state index contributed by atoms with van der Waals surface area (Å²) in [4.78, 5) is 2.16. The van der Waals surface area contributed by atoms with Gasteiger partial charge in [-0.1, -0.05) is 0 Å². The SMILES string of the molecule is COc1ccc(NS(=O)(=O)CCN2CCNCC2)cc1. The van der Waals surface area contributed by atoms with Crippen LogP contribution in [-0.4, -0.2) is 58.9 Å². The van der Waals surface area contributed by atoms with E-state index < -0.39 is 10.0 Å². The van der Waals surface area contributed by atoms with E-state index in [1.807, 2.05) is 0 Å². The van der Waals surface area contributed by atoms with E-state index >= 15 is 0 Å². The fourth-order valence-corrected chi connectivity index (χ4v) is 3.17. The van der Waals surface area contributed by atoms with Gasteiger partial charge in [0.15, 0.2) is 0 Å². The third-order valence-electron chi connectivity index (χ3n) is 3.25. The zero-order valence-electron chi connectivity index (χ0n) is 11.6. The highest BCUT2D eigenvalue weighted by Gasteiger charge is 2.15. The zero-order valence-corrected chi connectivity index (χ0v) is 12.4. The van der Waals surface area contributed by atoms with Crippen molar-refractivity contribution in [2.24, 2.45) is 0 Å². The molecule has 0 atom stereocenters. The largest absolute Gasteiger partial charge is 0.497 e. The predicted molar refractivity (Wildman–Crippen MR) is 79.7 cm³/mol. The first-order valence-corrected chi connectivity index (χ1v) is 8.32. The summed E-state index contributed by atoms with van der Waals surface area (Å²) in [6.07, 6.45) is 0. The first-order chi connectivity index (χ1) is 9.59. The molecular formula is C13H21N3O3S. The lowest BCUT2D eigenvalue weighted by Gasteiger charge is -2.26. The second-order valence-corrected chi connectivity index (χ2v) is 6.58. The van der Waals surface area contributed by atoms with Gasteiger partial charge in [0.25, 0.3) is 0 Å². The molecular weight excluding hydrogens is 278 g/mol. The fraction of sp³-hybridized carbons (Fsp3) is 0.538. The topological polar surface area (TPSA) is 70.7 Å². The molecule has 2 N–H and O–H groups in total. The minimum Gasteiger partial charge on any atom is -0.497 e. The molecule has 2 rings (SSSR count). The lowest BCUT2D eigenvalue weighted by atomic mass is 10.3. The van der Waals surface area contributed by atoms with Crippen LogP contribution in [-0.2, 0) is 10.0 Å². The van der Waals surface area contributed by atoms with Crippen LogP contribution in [0.15, 0.2) is 24.3 Å². The summed E-state index contributed by atoms with van der Waals surface area (Å²) in [7, 11) is -1.73. The monoisotopic (exact) mass is 299 g/mol. The Hall–Kier alpha value is -1.31. The zero-order chi connectivity index (χ0) is 14.4. The van der Waals surface area contributed by atoms with Crippen LogP contribution in [0.25, 0.3) is 0 Å². The number of sulfonamides is 1. The minimum atomic E-state index is -3.31. The molecule has 0 radical (unpaired) electrons. The van der Waals surface area contributed by atoms with Gasteiger partial charge in [0.2, 0.25) is 10.0 Å². The van der Waals surface area contributed by atoms with Gasteiger partial charge in [-0.05, 0) is 24.3 Å². The number of benzene rings is 1. The Kier molecular flexibility index (Phi) is 5.22. The van der Waals surface area contributed by atoms with Gasteiger partial charge >= 0.3 is 0 Å². The van der Waals surface area contributed by atoms with Crippen LogP contribution in [0.2, 0.25) is 0 Å². The minimum absolute atomic E-state index is 0.110. The molecule has 0 amide bonds. The number of nitrogens with zero attached hydrogens (tertiary/aromatic N) is 1. The van der Waals surface area contributed by atoms with Crippen LogP contribution in [0.1, 0.15) is 0 Å². The van der Waals surface area contributed by atoms with Gasteiger partial charge < -0.3 is 10.1 Å². The van der Waals surface area contributed by atoms with Crippen LogP contribution in [0, 0.1) is 0 Å². The average molecular weight is 299 g/mol. The molecule has 7 heteroatoms. The third kappa shape index (κ3) is 4.66. The van der Waals surface area contributed by atoms with Gasteiger partial charge in [-0.15, -0.1) is 0 Å². The van der Waals surface area contributed by atoms with Crippen molar-refractivity contribution in [1.29, 1.82) is 0 Å². The van der Waals surface area contributed by atoms with Crippen LogP contribution in [0.4, 0.5) is 5.69 Å². The molecule has 1 aliphatic heterocycles. The molecule has 6 nitrogen and oxygen atoms in total. The Morgan fingerprint density at radius 1 is 1.25 bits per heavy atom. The molecule has 0 saturated carbocycles. The normalized spacial score (nSPS) is 16.9. The van der Waals surface area contributed by atoms with E-state index in [-0.39, 0.29) is 5.75 Å². The Morgan fingerprint density at radius 2 is 1.90 bits per heavy atom. The number of methoxy groups -OCH3 is 1. The van der Waals surface area contributed by atoms with Crippen molar-refractivity contribution in [3.63, 3.8) is 0 Å². The summed E-state index contributed by atoms with van der Waals surface area (Å²) >= 11 is 0. The van der Waals surface area contributed by atoms with E-state index in [0.717, 1.165) is 26.2 Å². The molecule has 0 aromatic heterocycles. The van der Waals surface area contributed by atoms with Gasteiger partial charge in [-0.25, -0.2) is 8.42 Å². The molecule has 0 aliphatic carbocycles. The van der Waals surface area contributed by atoms with Gasteiger partial charge in [-0.2, -0.15) is 0 Å². The molecule has 1 heterocycles. The Labute approximate surface area is 120 Å². The van der Waals surface area contributed by atoms with Gasteiger partial charge in [0.1, 0.15) is 5.75 Å². The maximum Gasteiger partial charge on any atom is 0.233 e. The van der Waals surface area contributed by atoms with E-state index in [2.05, 4.69) is 14.9 Å². The lowest BCUT2D eigenvalue weighted by molar-refractivity contribution is 0.254. The molecule has 1 fully saturated rings. The summed E-state index contributed by atoms with van der Waals surface area (Å²) in [6.45, 7) is 4.21. The maximum atomic E-state index is 12.0. The Bertz CT molecular complexity index is 510. The number of hydrogen-bond donors (Lipinski definition) is 2. The summed E-state index contributed by atoms with van der Waals surface area (Å²) in [5.41, 5.74) is 0.561. The highest BCUT2D eigenvalue weighted by molar-refractivity contribution is 7.92. The predicted octanol–water partition coefficient (Wildman–Crippen LogP) is 0.342. The molecule has 1 aromatic rings. The van der Waals surface area contributed by atoms with E-state index in [9.17, 15) is 8.42 Å². The van der Waals surface area contributed by atoms with Gasteiger partial charge in [0.05, 0.1) is 12.9 Å². The van der Waals surface area contributed by atoms with Crippen LogP contribution < -0.4 is 14.8 Å². The summed E-state index contributed by atoms with van der Waals surface area (Å²) in [5, 5.41) is 3.24. The van der Waals surface area contributed by atoms with Crippen molar-refractivity contribution in [1.82, 2.24) is 10.2 Å². The van der Waals surface area contributed by atoms with E-state index in [0.29, 0.717) is 18.0 Å². The highest BCUT2D eigenvalue weighted by atomic mass is 32.2. The second kappa shape index (κ2) is 6.92. The molecule has 0 spiro atoms. The molecule has 20 heavy (non-hydrogen) atoms. The number of nitrogens with one attached hydrogen (secondary N) is 2. The summed E-state index contributed by atoms with van der Waals surface area (Å²) < 4.78 is 31.6. The summed E-state index contributed by atoms with van der Waals surface area (Å²) in [6, 6.07) is 6.85. The number of anilines is 1. The lowest BCUT2D eigenvalue weighted by Crippen LogP contribution is -2.45. The molecule has 0 unspecified atom stereocenters. The van der Waals surface area contributed by atoms with Crippen LogP contribution in [0.3, 0.4) is 0 Å². The third-order valence-corrected chi connectivity index (χ3v) is 4.52. The Morgan fingerprint density at radius 3 is 2.50 bits per heavy atom. The molecule has 1 saturated heterocycles. The molecule has 1 aromatic carbocycles. The van der Waals surface area contributed by atoms with Crippen LogP contribution >= 0.6 is 0 Å². The number of hydrogen-bond acceptors (Lipinski definition) is 5. The first-order valence-electron chi connectivity index (χ1n) is 6.67. The van der Waals surface area contributed by atoms with Crippen molar-refractivity contribution in [3.05, 3.63) is 24.3 Å². The van der Waals surface area contributed by atoms with E-state index in [1.165, 1.54) is 0 Å². The van der Waals surface area contributed by atoms with Crippen molar-refractivity contribution in [2.45, 2.75) is 0 Å². The average Bonchev–Trinajstić information content (AvgIpc) is 2.47. The van der Waals surface area contributed by atoms with Crippen molar-refractivity contribution < 1.29 is 13.2 Å². The first kappa shape index (κ1) is 15.1.